The van der Waals surface area contributed by atoms with E-state index in [-0.39, 0.29) is 16.7 Å². The summed E-state index contributed by atoms with van der Waals surface area (Å²) >= 11 is 0. The minimum atomic E-state index is -0.383. The molecule has 2 atom stereocenters. The van der Waals surface area contributed by atoms with Crippen molar-refractivity contribution in [3.63, 3.8) is 0 Å². The molecule has 98 valence electrons. The van der Waals surface area contributed by atoms with Crippen LogP contribution in [0.4, 0.5) is 5.69 Å². The first-order valence-electron chi connectivity index (χ1n) is 6.21. The molecule has 1 unspecified atom stereocenters. The third-order valence-corrected chi connectivity index (χ3v) is 3.44. The van der Waals surface area contributed by atoms with Gasteiger partial charge in [0.2, 0.25) is 0 Å². The number of hydrogen-bond acceptors (Lipinski definition) is 4. The van der Waals surface area contributed by atoms with Gasteiger partial charge in [-0.05, 0) is 31.2 Å². The van der Waals surface area contributed by atoms with Crippen molar-refractivity contribution in [1.29, 1.82) is 0 Å². The van der Waals surface area contributed by atoms with Crippen LogP contribution in [-0.2, 0) is 4.74 Å². The molecule has 1 aromatic rings. The Bertz CT molecular complexity index is 419. The number of likely N-dealkylation sites (N-methyl/N-ethyl adjacent to an activating group) is 1. The first kappa shape index (κ1) is 13.0. The molecule has 18 heavy (non-hydrogen) atoms. The molecule has 1 aromatic carbocycles. The van der Waals surface area contributed by atoms with Crippen LogP contribution in [0, 0.1) is 10.1 Å². The minimum absolute atomic E-state index is 0.0157. The maximum Gasteiger partial charge on any atom is 0.269 e. The smallest absolute Gasteiger partial charge is 0.269 e. The van der Waals surface area contributed by atoms with E-state index in [1.807, 2.05) is 0 Å². The fraction of sp³-hybridized carbons (Fsp3) is 0.538. The number of nitro groups is 1. The van der Waals surface area contributed by atoms with E-state index in [0.717, 1.165) is 18.7 Å². The van der Waals surface area contributed by atoms with Gasteiger partial charge in [-0.2, -0.15) is 0 Å². The summed E-state index contributed by atoms with van der Waals surface area (Å²) in [5.74, 6) is 0. The number of nitrogens with zero attached hydrogens (tertiary/aromatic N) is 2. The van der Waals surface area contributed by atoms with Gasteiger partial charge < -0.3 is 4.74 Å². The highest BCUT2D eigenvalue weighted by molar-refractivity contribution is 5.34. The zero-order chi connectivity index (χ0) is 13.1. The van der Waals surface area contributed by atoms with Crippen molar-refractivity contribution in [3.05, 3.63) is 39.9 Å². The Labute approximate surface area is 107 Å². The fourth-order valence-corrected chi connectivity index (χ4v) is 2.26. The van der Waals surface area contributed by atoms with Crippen LogP contribution in [-0.4, -0.2) is 35.6 Å². The number of non-ortho nitro benzene ring substituents is 1. The topological polar surface area (TPSA) is 55.6 Å². The van der Waals surface area contributed by atoms with Crippen molar-refractivity contribution < 1.29 is 9.66 Å². The summed E-state index contributed by atoms with van der Waals surface area (Å²) in [7, 11) is 0. The molecule has 0 amide bonds. The van der Waals surface area contributed by atoms with E-state index >= 15 is 0 Å². The molecule has 1 heterocycles. The molecule has 1 fully saturated rings. The molecule has 1 aliphatic heterocycles. The zero-order valence-corrected chi connectivity index (χ0v) is 10.7. The highest BCUT2D eigenvalue weighted by atomic mass is 16.6. The zero-order valence-electron chi connectivity index (χ0n) is 10.7. The monoisotopic (exact) mass is 250 g/mol. The Morgan fingerprint density at radius 3 is 2.67 bits per heavy atom. The molecular formula is C13H18N2O3. The summed E-state index contributed by atoms with van der Waals surface area (Å²) in [5, 5.41) is 10.6. The summed E-state index contributed by atoms with van der Waals surface area (Å²) in [5.41, 5.74) is 1.13. The van der Waals surface area contributed by atoms with Crippen LogP contribution in [0.15, 0.2) is 24.3 Å². The van der Waals surface area contributed by atoms with E-state index in [1.54, 1.807) is 12.1 Å². The highest BCUT2D eigenvalue weighted by Crippen LogP contribution is 2.26. The second-order valence-electron chi connectivity index (χ2n) is 4.61. The van der Waals surface area contributed by atoms with Crippen LogP contribution >= 0.6 is 0 Å². The Morgan fingerprint density at radius 1 is 1.44 bits per heavy atom. The highest BCUT2D eigenvalue weighted by Gasteiger charge is 2.26. The molecule has 1 saturated heterocycles. The molecule has 0 spiro atoms. The van der Waals surface area contributed by atoms with Gasteiger partial charge in [0.25, 0.3) is 5.69 Å². The number of nitro benzene ring substituents is 1. The third-order valence-electron chi connectivity index (χ3n) is 3.44. The van der Waals surface area contributed by atoms with Crippen LogP contribution < -0.4 is 0 Å². The quantitative estimate of drug-likeness (QED) is 0.610. The molecule has 0 radical (unpaired) electrons. The van der Waals surface area contributed by atoms with Crippen LogP contribution in [0.5, 0.6) is 0 Å². The van der Waals surface area contributed by atoms with Crippen molar-refractivity contribution in [2.75, 3.05) is 19.7 Å². The second-order valence-corrected chi connectivity index (χ2v) is 4.61. The van der Waals surface area contributed by atoms with E-state index in [2.05, 4.69) is 18.7 Å². The minimum Gasteiger partial charge on any atom is -0.371 e. The molecule has 0 N–H and O–H groups in total. The van der Waals surface area contributed by atoms with Crippen molar-refractivity contribution in [1.82, 2.24) is 4.90 Å². The van der Waals surface area contributed by atoms with Crippen molar-refractivity contribution in [3.8, 4) is 0 Å². The van der Waals surface area contributed by atoms with E-state index in [0.29, 0.717) is 12.6 Å². The fourth-order valence-electron chi connectivity index (χ4n) is 2.26. The van der Waals surface area contributed by atoms with Crippen LogP contribution in [0.2, 0.25) is 0 Å². The summed E-state index contributed by atoms with van der Waals surface area (Å²) in [4.78, 5) is 12.6. The normalized spacial score (nSPS) is 25.0. The molecule has 1 aliphatic rings. The Kier molecular flexibility index (Phi) is 3.93. The number of hydrogen-bond donors (Lipinski definition) is 0. The van der Waals surface area contributed by atoms with Crippen LogP contribution in [0.3, 0.4) is 0 Å². The van der Waals surface area contributed by atoms with Crippen molar-refractivity contribution in [2.24, 2.45) is 0 Å². The standard InChI is InChI=1S/C13H18N2O3/c1-3-14-8-13(18-9-10(14)2)11-4-6-12(7-5-11)15(16)17/h4-7,10,13H,3,8-9H2,1-2H3/t10-,13?/m0/s1. The summed E-state index contributed by atoms with van der Waals surface area (Å²) in [6.45, 7) is 6.82. The van der Waals surface area contributed by atoms with Gasteiger partial charge in [-0.3, -0.25) is 15.0 Å². The molecule has 0 bridgehead atoms. The average Bonchev–Trinajstić information content (AvgIpc) is 2.39. The van der Waals surface area contributed by atoms with Gasteiger partial charge in [-0.25, -0.2) is 0 Å². The predicted octanol–water partition coefficient (Wildman–Crippen LogP) is 2.38. The third kappa shape index (κ3) is 2.68. The summed E-state index contributed by atoms with van der Waals surface area (Å²) in [6, 6.07) is 7.07. The van der Waals surface area contributed by atoms with E-state index < -0.39 is 0 Å². The van der Waals surface area contributed by atoms with Gasteiger partial charge in [0, 0.05) is 24.7 Å². The largest absolute Gasteiger partial charge is 0.371 e. The lowest BCUT2D eigenvalue weighted by Crippen LogP contribution is -2.44. The lowest BCUT2D eigenvalue weighted by Gasteiger charge is -2.37. The Morgan fingerprint density at radius 2 is 2.11 bits per heavy atom. The van der Waals surface area contributed by atoms with Crippen LogP contribution in [0.1, 0.15) is 25.5 Å². The van der Waals surface area contributed by atoms with Gasteiger partial charge >= 0.3 is 0 Å². The maximum atomic E-state index is 10.6. The van der Waals surface area contributed by atoms with Gasteiger partial charge in [-0.1, -0.05) is 6.92 Å². The first-order valence-corrected chi connectivity index (χ1v) is 6.21. The Balaban J connectivity index is 2.09. The molecule has 2 rings (SSSR count). The van der Waals surface area contributed by atoms with E-state index in [1.165, 1.54) is 12.1 Å². The predicted molar refractivity (Wildman–Crippen MR) is 68.5 cm³/mol. The summed E-state index contributed by atoms with van der Waals surface area (Å²) < 4.78 is 5.80. The van der Waals surface area contributed by atoms with Gasteiger partial charge in [0.1, 0.15) is 0 Å². The number of morpholine rings is 1. The van der Waals surface area contributed by atoms with Crippen molar-refractivity contribution >= 4 is 5.69 Å². The SMILES string of the molecule is CCN1CC(c2ccc([N+](=O)[O-])cc2)OC[C@@H]1C. The molecule has 5 heteroatoms. The number of ether oxygens (including phenoxy) is 1. The van der Waals surface area contributed by atoms with Gasteiger partial charge in [0.05, 0.1) is 17.6 Å². The van der Waals surface area contributed by atoms with Crippen molar-refractivity contribution in [2.45, 2.75) is 26.0 Å². The van der Waals surface area contributed by atoms with Gasteiger partial charge in [0.15, 0.2) is 0 Å². The van der Waals surface area contributed by atoms with Gasteiger partial charge in [-0.15, -0.1) is 0 Å². The molecule has 0 aromatic heterocycles. The lowest BCUT2D eigenvalue weighted by atomic mass is 10.1. The molecule has 0 saturated carbocycles. The average molecular weight is 250 g/mol. The van der Waals surface area contributed by atoms with E-state index in [9.17, 15) is 10.1 Å². The van der Waals surface area contributed by atoms with Crippen LogP contribution in [0.25, 0.3) is 0 Å². The van der Waals surface area contributed by atoms with E-state index in [4.69, 9.17) is 4.74 Å². The number of rotatable bonds is 3. The summed E-state index contributed by atoms with van der Waals surface area (Å²) in [6.07, 6.45) is 0.0157. The Hall–Kier alpha value is -1.46. The first-order chi connectivity index (χ1) is 8.61. The molecule has 0 aliphatic carbocycles. The molecular weight excluding hydrogens is 232 g/mol. The maximum absolute atomic E-state index is 10.6. The second kappa shape index (κ2) is 5.46. The number of benzene rings is 1. The lowest BCUT2D eigenvalue weighted by molar-refractivity contribution is -0.384. The molecule has 5 nitrogen and oxygen atoms in total.